The van der Waals surface area contributed by atoms with Gasteiger partial charge in [0.25, 0.3) is 0 Å². The van der Waals surface area contributed by atoms with Crippen LogP contribution in [-0.2, 0) is 6.54 Å². The van der Waals surface area contributed by atoms with E-state index in [0.29, 0.717) is 0 Å². The lowest BCUT2D eigenvalue weighted by molar-refractivity contribution is 0.305. The van der Waals surface area contributed by atoms with Crippen molar-refractivity contribution >= 4 is 26.8 Å². The van der Waals surface area contributed by atoms with Crippen molar-refractivity contribution < 1.29 is 0 Å². The molecule has 0 aliphatic heterocycles. The van der Waals surface area contributed by atoms with Crippen molar-refractivity contribution in [2.45, 2.75) is 45.2 Å². The highest BCUT2D eigenvalue weighted by molar-refractivity contribution is 9.10. The minimum absolute atomic E-state index is 0.733. The predicted molar refractivity (Wildman–Crippen MR) is 89.1 cm³/mol. The lowest BCUT2D eigenvalue weighted by Gasteiger charge is -2.27. The summed E-state index contributed by atoms with van der Waals surface area (Å²) in [6.07, 6.45) is 7.66. The maximum absolute atomic E-state index is 3.73. The van der Waals surface area contributed by atoms with Gasteiger partial charge in [-0.3, -0.25) is 0 Å². The van der Waals surface area contributed by atoms with E-state index < -0.39 is 0 Å². The molecule has 0 atom stereocenters. The minimum Gasteiger partial charge on any atom is -0.345 e. The standard InChI is InChI=1S/C17H23BrN2/c1-13-6-8-14(9-7-13)19-10-11-20-12-16(18)15-4-2-3-5-17(15)20/h2-5,12-14,19H,6-11H2,1H3. The summed E-state index contributed by atoms with van der Waals surface area (Å²) in [6, 6.07) is 9.31. The zero-order chi connectivity index (χ0) is 13.9. The second-order valence-corrected chi connectivity index (χ2v) is 6.95. The van der Waals surface area contributed by atoms with Crippen LogP contribution in [0.1, 0.15) is 32.6 Å². The van der Waals surface area contributed by atoms with E-state index in [-0.39, 0.29) is 0 Å². The first-order chi connectivity index (χ1) is 9.74. The summed E-state index contributed by atoms with van der Waals surface area (Å²) in [6.45, 7) is 4.47. The van der Waals surface area contributed by atoms with E-state index in [1.807, 2.05) is 0 Å². The van der Waals surface area contributed by atoms with Gasteiger partial charge in [0.2, 0.25) is 0 Å². The molecule has 0 spiro atoms. The average Bonchev–Trinajstić information content (AvgIpc) is 2.79. The Hall–Kier alpha value is -0.800. The second-order valence-electron chi connectivity index (χ2n) is 6.10. The number of para-hydroxylation sites is 1. The predicted octanol–water partition coefficient (Wildman–Crippen LogP) is 4.57. The fourth-order valence-corrected chi connectivity index (χ4v) is 3.82. The Morgan fingerprint density at radius 3 is 2.75 bits per heavy atom. The number of hydrogen-bond donors (Lipinski definition) is 1. The number of nitrogens with one attached hydrogen (secondary N) is 1. The Labute approximate surface area is 129 Å². The fourth-order valence-electron chi connectivity index (χ4n) is 3.24. The van der Waals surface area contributed by atoms with Gasteiger partial charge in [-0.25, -0.2) is 0 Å². The molecule has 0 bridgehead atoms. The largest absolute Gasteiger partial charge is 0.345 e. The summed E-state index contributed by atoms with van der Waals surface area (Å²) >= 11 is 3.65. The molecule has 2 aromatic rings. The van der Waals surface area contributed by atoms with E-state index in [1.165, 1.54) is 41.1 Å². The van der Waals surface area contributed by atoms with E-state index in [0.717, 1.165) is 25.0 Å². The molecule has 2 nitrogen and oxygen atoms in total. The Balaban J connectivity index is 1.57. The quantitative estimate of drug-likeness (QED) is 0.866. The van der Waals surface area contributed by atoms with Crippen LogP contribution >= 0.6 is 15.9 Å². The van der Waals surface area contributed by atoms with Gasteiger partial charge in [0, 0.05) is 40.7 Å². The Bertz CT molecular complexity index is 567. The van der Waals surface area contributed by atoms with Crippen molar-refractivity contribution in [3.63, 3.8) is 0 Å². The van der Waals surface area contributed by atoms with Crippen LogP contribution in [0.5, 0.6) is 0 Å². The lowest BCUT2D eigenvalue weighted by Crippen LogP contribution is -2.34. The highest BCUT2D eigenvalue weighted by Crippen LogP contribution is 2.26. The zero-order valence-electron chi connectivity index (χ0n) is 12.1. The first-order valence-electron chi connectivity index (χ1n) is 7.71. The van der Waals surface area contributed by atoms with Crippen LogP contribution in [0.3, 0.4) is 0 Å². The molecule has 1 aromatic heterocycles. The van der Waals surface area contributed by atoms with Gasteiger partial charge in [-0.2, -0.15) is 0 Å². The lowest BCUT2D eigenvalue weighted by atomic mass is 9.87. The molecule has 20 heavy (non-hydrogen) atoms. The van der Waals surface area contributed by atoms with Gasteiger partial charge in [0.15, 0.2) is 0 Å². The monoisotopic (exact) mass is 334 g/mol. The van der Waals surface area contributed by atoms with Crippen molar-refractivity contribution in [2.24, 2.45) is 5.92 Å². The maximum atomic E-state index is 3.73. The average molecular weight is 335 g/mol. The molecular weight excluding hydrogens is 312 g/mol. The molecule has 1 aromatic carbocycles. The van der Waals surface area contributed by atoms with Crippen LogP contribution < -0.4 is 5.32 Å². The number of halogens is 1. The topological polar surface area (TPSA) is 17.0 Å². The highest BCUT2D eigenvalue weighted by Gasteiger charge is 2.17. The number of rotatable bonds is 4. The number of benzene rings is 1. The summed E-state index contributed by atoms with van der Waals surface area (Å²) < 4.78 is 3.54. The second kappa shape index (κ2) is 6.31. The molecule has 1 fully saturated rings. The van der Waals surface area contributed by atoms with Crippen molar-refractivity contribution in [1.82, 2.24) is 9.88 Å². The van der Waals surface area contributed by atoms with Crippen LogP contribution in [0.4, 0.5) is 0 Å². The maximum Gasteiger partial charge on any atom is 0.0492 e. The molecule has 0 amide bonds. The first kappa shape index (κ1) is 14.2. The molecule has 1 N–H and O–H groups in total. The number of hydrogen-bond acceptors (Lipinski definition) is 1. The van der Waals surface area contributed by atoms with Crippen molar-refractivity contribution in [2.75, 3.05) is 6.54 Å². The van der Waals surface area contributed by atoms with Crippen LogP contribution in [0, 0.1) is 5.92 Å². The zero-order valence-corrected chi connectivity index (χ0v) is 13.7. The fraction of sp³-hybridized carbons (Fsp3) is 0.529. The molecule has 1 aliphatic carbocycles. The Morgan fingerprint density at radius 2 is 1.95 bits per heavy atom. The van der Waals surface area contributed by atoms with Crippen molar-refractivity contribution in [3.05, 3.63) is 34.9 Å². The molecule has 108 valence electrons. The smallest absolute Gasteiger partial charge is 0.0492 e. The van der Waals surface area contributed by atoms with Gasteiger partial charge in [-0.05, 0) is 53.6 Å². The molecule has 0 radical (unpaired) electrons. The molecule has 3 rings (SSSR count). The third-order valence-corrected chi connectivity index (χ3v) is 5.17. The van der Waals surface area contributed by atoms with E-state index in [9.17, 15) is 0 Å². The summed E-state index contributed by atoms with van der Waals surface area (Å²) in [5.74, 6) is 0.928. The molecule has 0 saturated heterocycles. The number of fused-ring (bicyclic) bond motifs is 1. The molecule has 1 heterocycles. The van der Waals surface area contributed by atoms with E-state index in [4.69, 9.17) is 0 Å². The van der Waals surface area contributed by atoms with Crippen LogP contribution in [-0.4, -0.2) is 17.2 Å². The number of aromatic nitrogens is 1. The van der Waals surface area contributed by atoms with E-state index in [2.05, 4.69) is 63.2 Å². The number of nitrogens with zero attached hydrogens (tertiary/aromatic N) is 1. The summed E-state index contributed by atoms with van der Waals surface area (Å²) in [4.78, 5) is 0. The van der Waals surface area contributed by atoms with Crippen LogP contribution in [0.25, 0.3) is 10.9 Å². The minimum atomic E-state index is 0.733. The van der Waals surface area contributed by atoms with E-state index >= 15 is 0 Å². The summed E-state index contributed by atoms with van der Waals surface area (Å²) in [5.41, 5.74) is 1.32. The van der Waals surface area contributed by atoms with Gasteiger partial charge in [0.05, 0.1) is 0 Å². The Morgan fingerprint density at radius 1 is 1.20 bits per heavy atom. The molecule has 0 unspecified atom stereocenters. The van der Waals surface area contributed by atoms with Crippen LogP contribution in [0.15, 0.2) is 34.9 Å². The normalized spacial score (nSPS) is 23.3. The Kier molecular flexibility index (Phi) is 4.47. The summed E-state index contributed by atoms with van der Waals surface area (Å²) in [7, 11) is 0. The summed E-state index contributed by atoms with van der Waals surface area (Å²) in [5, 5.41) is 5.03. The molecule has 1 aliphatic rings. The van der Waals surface area contributed by atoms with Crippen molar-refractivity contribution in [1.29, 1.82) is 0 Å². The van der Waals surface area contributed by atoms with Gasteiger partial charge in [-0.15, -0.1) is 0 Å². The molecule has 3 heteroatoms. The van der Waals surface area contributed by atoms with E-state index in [1.54, 1.807) is 0 Å². The molecular formula is C17H23BrN2. The third-order valence-electron chi connectivity index (χ3n) is 4.54. The van der Waals surface area contributed by atoms with Gasteiger partial charge in [-0.1, -0.05) is 25.1 Å². The van der Waals surface area contributed by atoms with Crippen molar-refractivity contribution in [3.8, 4) is 0 Å². The van der Waals surface area contributed by atoms with Gasteiger partial charge in [0.1, 0.15) is 0 Å². The third kappa shape index (κ3) is 3.09. The first-order valence-corrected chi connectivity index (χ1v) is 8.50. The highest BCUT2D eigenvalue weighted by atomic mass is 79.9. The van der Waals surface area contributed by atoms with Gasteiger partial charge < -0.3 is 9.88 Å². The van der Waals surface area contributed by atoms with Gasteiger partial charge >= 0.3 is 0 Å². The van der Waals surface area contributed by atoms with Crippen LogP contribution in [0.2, 0.25) is 0 Å². The SMILES string of the molecule is CC1CCC(NCCn2cc(Br)c3ccccc32)CC1. The molecule has 1 saturated carbocycles.